The van der Waals surface area contributed by atoms with E-state index in [4.69, 9.17) is 4.98 Å². The van der Waals surface area contributed by atoms with Crippen LogP contribution in [0, 0.1) is 0 Å². The van der Waals surface area contributed by atoms with Crippen molar-refractivity contribution in [2.75, 3.05) is 31.1 Å². The van der Waals surface area contributed by atoms with E-state index in [0.717, 1.165) is 49.8 Å². The normalized spacial score (nSPS) is 14.8. The highest BCUT2D eigenvalue weighted by molar-refractivity contribution is 5.76. The summed E-state index contributed by atoms with van der Waals surface area (Å²) in [5, 5.41) is 0. The van der Waals surface area contributed by atoms with Gasteiger partial charge in [-0.3, -0.25) is 9.78 Å². The summed E-state index contributed by atoms with van der Waals surface area (Å²) >= 11 is 0. The number of carbonyl (C=O) groups excluding carboxylic acids is 1. The highest BCUT2D eigenvalue weighted by atomic mass is 16.2. The summed E-state index contributed by atoms with van der Waals surface area (Å²) in [6.07, 6.45) is 3.17. The standard InChI is InChI=1S/C18H23N5O/c1-3-14-13-16(21-18(20-14)15-7-5-6-8-19-15)22-9-11-23(12-10-22)17(24)4-2/h5-8,13H,3-4,9-12H2,1-2H3. The second-order valence-corrected chi connectivity index (χ2v) is 5.83. The Bertz CT molecular complexity index is 696. The van der Waals surface area contributed by atoms with Crippen LogP contribution < -0.4 is 4.90 Å². The lowest BCUT2D eigenvalue weighted by atomic mass is 10.2. The van der Waals surface area contributed by atoms with Crippen LogP contribution >= 0.6 is 0 Å². The summed E-state index contributed by atoms with van der Waals surface area (Å²) in [6, 6.07) is 7.80. The molecule has 6 nitrogen and oxygen atoms in total. The van der Waals surface area contributed by atoms with Crippen LogP contribution in [-0.4, -0.2) is 51.9 Å². The molecular weight excluding hydrogens is 302 g/mol. The summed E-state index contributed by atoms with van der Waals surface area (Å²) in [4.78, 5) is 29.7. The molecule has 0 N–H and O–H groups in total. The first-order valence-electron chi connectivity index (χ1n) is 8.53. The smallest absolute Gasteiger partial charge is 0.222 e. The van der Waals surface area contributed by atoms with Gasteiger partial charge in [-0.1, -0.05) is 19.9 Å². The maximum Gasteiger partial charge on any atom is 0.222 e. The number of amides is 1. The lowest BCUT2D eigenvalue weighted by Gasteiger charge is -2.35. The molecule has 1 aliphatic rings. The van der Waals surface area contributed by atoms with Crippen molar-refractivity contribution in [3.05, 3.63) is 36.2 Å². The molecule has 0 unspecified atom stereocenters. The highest BCUT2D eigenvalue weighted by Gasteiger charge is 2.21. The predicted molar refractivity (Wildman–Crippen MR) is 93.7 cm³/mol. The van der Waals surface area contributed by atoms with Crippen molar-refractivity contribution in [3.63, 3.8) is 0 Å². The molecule has 3 heterocycles. The second-order valence-electron chi connectivity index (χ2n) is 5.83. The zero-order chi connectivity index (χ0) is 16.9. The zero-order valence-electron chi connectivity index (χ0n) is 14.3. The van der Waals surface area contributed by atoms with Gasteiger partial charge in [-0.25, -0.2) is 9.97 Å². The maximum atomic E-state index is 11.8. The molecule has 0 atom stereocenters. The van der Waals surface area contributed by atoms with Crippen LogP contribution in [0.2, 0.25) is 0 Å². The van der Waals surface area contributed by atoms with Gasteiger partial charge in [-0.15, -0.1) is 0 Å². The lowest BCUT2D eigenvalue weighted by Crippen LogP contribution is -2.48. The molecule has 2 aromatic heterocycles. The average molecular weight is 325 g/mol. The summed E-state index contributed by atoms with van der Waals surface area (Å²) in [5.41, 5.74) is 1.79. The zero-order valence-corrected chi connectivity index (χ0v) is 14.3. The molecular formula is C18H23N5O. The Hall–Kier alpha value is -2.50. The van der Waals surface area contributed by atoms with E-state index < -0.39 is 0 Å². The third-order valence-electron chi connectivity index (χ3n) is 4.28. The van der Waals surface area contributed by atoms with Gasteiger partial charge in [-0.2, -0.15) is 0 Å². The van der Waals surface area contributed by atoms with E-state index in [1.807, 2.05) is 36.1 Å². The van der Waals surface area contributed by atoms with Crippen molar-refractivity contribution < 1.29 is 4.79 Å². The molecule has 0 radical (unpaired) electrons. The van der Waals surface area contributed by atoms with Crippen LogP contribution in [0.5, 0.6) is 0 Å². The number of aryl methyl sites for hydroxylation is 1. The molecule has 24 heavy (non-hydrogen) atoms. The monoisotopic (exact) mass is 325 g/mol. The first kappa shape index (κ1) is 16.4. The van der Waals surface area contributed by atoms with Crippen molar-refractivity contribution in [1.29, 1.82) is 0 Å². The molecule has 0 saturated carbocycles. The van der Waals surface area contributed by atoms with Gasteiger partial charge in [0.1, 0.15) is 11.5 Å². The number of nitrogens with zero attached hydrogens (tertiary/aromatic N) is 5. The Labute approximate surface area is 142 Å². The van der Waals surface area contributed by atoms with E-state index >= 15 is 0 Å². The Balaban J connectivity index is 1.82. The van der Waals surface area contributed by atoms with Crippen LogP contribution in [0.3, 0.4) is 0 Å². The number of pyridine rings is 1. The van der Waals surface area contributed by atoms with E-state index in [2.05, 4.69) is 21.8 Å². The molecule has 0 bridgehead atoms. The first-order chi connectivity index (χ1) is 11.7. The van der Waals surface area contributed by atoms with Gasteiger partial charge in [0, 0.05) is 50.6 Å². The van der Waals surface area contributed by atoms with Gasteiger partial charge in [0.15, 0.2) is 5.82 Å². The minimum absolute atomic E-state index is 0.223. The van der Waals surface area contributed by atoms with Crippen LogP contribution in [0.1, 0.15) is 26.0 Å². The number of anilines is 1. The minimum atomic E-state index is 0.223. The largest absolute Gasteiger partial charge is 0.353 e. The number of rotatable bonds is 4. The van der Waals surface area contributed by atoms with Gasteiger partial charge in [0.05, 0.1) is 0 Å². The van der Waals surface area contributed by atoms with Crippen molar-refractivity contribution in [2.24, 2.45) is 0 Å². The van der Waals surface area contributed by atoms with E-state index in [9.17, 15) is 4.79 Å². The molecule has 126 valence electrons. The minimum Gasteiger partial charge on any atom is -0.353 e. The lowest BCUT2D eigenvalue weighted by molar-refractivity contribution is -0.131. The fourth-order valence-corrected chi connectivity index (χ4v) is 2.84. The fourth-order valence-electron chi connectivity index (χ4n) is 2.84. The van der Waals surface area contributed by atoms with E-state index in [0.29, 0.717) is 12.2 Å². The quantitative estimate of drug-likeness (QED) is 0.862. The molecule has 1 amide bonds. The molecule has 6 heteroatoms. The number of aromatic nitrogens is 3. The molecule has 3 rings (SSSR count). The molecule has 1 saturated heterocycles. The van der Waals surface area contributed by atoms with E-state index in [1.165, 1.54) is 0 Å². The van der Waals surface area contributed by atoms with E-state index in [1.54, 1.807) is 6.20 Å². The topological polar surface area (TPSA) is 62.2 Å². The van der Waals surface area contributed by atoms with Crippen LogP contribution in [0.25, 0.3) is 11.5 Å². The molecule has 2 aromatic rings. The summed E-state index contributed by atoms with van der Waals surface area (Å²) in [6.45, 7) is 7.09. The fraction of sp³-hybridized carbons (Fsp3) is 0.444. The Morgan fingerprint density at radius 3 is 2.54 bits per heavy atom. The molecule has 0 spiro atoms. The summed E-state index contributed by atoms with van der Waals surface area (Å²) in [5.74, 6) is 1.81. The number of hydrogen-bond acceptors (Lipinski definition) is 5. The molecule has 1 fully saturated rings. The number of carbonyl (C=O) groups is 1. The first-order valence-corrected chi connectivity index (χ1v) is 8.53. The third kappa shape index (κ3) is 3.53. The second kappa shape index (κ2) is 7.38. The van der Waals surface area contributed by atoms with E-state index in [-0.39, 0.29) is 5.91 Å². The van der Waals surface area contributed by atoms with Crippen molar-refractivity contribution in [3.8, 4) is 11.5 Å². The number of piperazine rings is 1. The number of hydrogen-bond donors (Lipinski definition) is 0. The Morgan fingerprint density at radius 1 is 1.12 bits per heavy atom. The van der Waals surface area contributed by atoms with Crippen LogP contribution in [0.4, 0.5) is 5.82 Å². The summed E-state index contributed by atoms with van der Waals surface area (Å²) in [7, 11) is 0. The predicted octanol–water partition coefficient (Wildman–Crippen LogP) is 2.16. The highest BCUT2D eigenvalue weighted by Crippen LogP contribution is 2.20. The molecule has 1 aliphatic heterocycles. The van der Waals surface area contributed by atoms with Gasteiger partial charge >= 0.3 is 0 Å². The molecule has 0 aromatic carbocycles. The van der Waals surface area contributed by atoms with Crippen molar-refractivity contribution in [1.82, 2.24) is 19.9 Å². The third-order valence-corrected chi connectivity index (χ3v) is 4.28. The van der Waals surface area contributed by atoms with Crippen molar-refractivity contribution >= 4 is 11.7 Å². The maximum absolute atomic E-state index is 11.8. The van der Waals surface area contributed by atoms with Gasteiger partial charge < -0.3 is 9.80 Å². The van der Waals surface area contributed by atoms with Crippen LogP contribution in [0.15, 0.2) is 30.5 Å². The SMILES string of the molecule is CCC(=O)N1CCN(c2cc(CC)nc(-c3ccccn3)n2)CC1. The Kier molecular flexibility index (Phi) is 5.03. The summed E-state index contributed by atoms with van der Waals surface area (Å²) < 4.78 is 0. The Morgan fingerprint density at radius 2 is 1.92 bits per heavy atom. The molecule has 0 aliphatic carbocycles. The van der Waals surface area contributed by atoms with Gasteiger partial charge in [0.25, 0.3) is 0 Å². The average Bonchev–Trinajstić information content (AvgIpc) is 2.67. The van der Waals surface area contributed by atoms with Gasteiger partial charge in [-0.05, 0) is 18.6 Å². The van der Waals surface area contributed by atoms with Gasteiger partial charge in [0.2, 0.25) is 5.91 Å². The van der Waals surface area contributed by atoms with Crippen LogP contribution in [-0.2, 0) is 11.2 Å². The van der Waals surface area contributed by atoms with Crippen molar-refractivity contribution in [2.45, 2.75) is 26.7 Å².